The van der Waals surface area contributed by atoms with Crippen molar-refractivity contribution in [1.82, 2.24) is 0 Å². The van der Waals surface area contributed by atoms with E-state index in [2.05, 4.69) is 44.8 Å². The smallest absolute Gasteiger partial charge is 0.158 e. The first-order chi connectivity index (χ1) is 9.70. The lowest BCUT2D eigenvalue weighted by Gasteiger charge is -2.28. The van der Waals surface area contributed by atoms with Gasteiger partial charge in [-0.2, -0.15) is 0 Å². The van der Waals surface area contributed by atoms with Gasteiger partial charge in [-0.1, -0.05) is 26.2 Å². The van der Waals surface area contributed by atoms with E-state index >= 15 is 0 Å². The zero-order chi connectivity index (χ0) is 14.4. The molecule has 1 aliphatic heterocycles. The molecule has 0 N–H and O–H groups in total. The van der Waals surface area contributed by atoms with Gasteiger partial charge in [0.2, 0.25) is 0 Å². The monoisotopic (exact) mass is 424 g/mol. The van der Waals surface area contributed by atoms with Crippen LogP contribution >= 0.6 is 43.2 Å². The van der Waals surface area contributed by atoms with Crippen LogP contribution in [-0.4, -0.2) is 12.9 Å². The molecule has 0 amide bonds. The highest BCUT2D eigenvalue weighted by atomic mass is 79.9. The number of ether oxygens (including phenoxy) is 2. The summed E-state index contributed by atoms with van der Waals surface area (Å²) in [6.45, 7) is 3.07. The van der Waals surface area contributed by atoms with E-state index in [1.807, 2.05) is 0 Å². The largest absolute Gasteiger partial charge is 0.353 e. The maximum absolute atomic E-state index is 6.25. The van der Waals surface area contributed by atoms with Crippen molar-refractivity contribution in [2.75, 3.05) is 6.61 Å². The highest BCUT2D eigenvalue weighted by Gasteiger charge is 2.23. The van der Waals surface area contributed by atoms with Gasteiger partial charge in [-0.25, -0.2) is 0 Å². The molecule has 0 saturated carbocycles. The normalized spacial score (nSPS) is 21.1. The topological polar surface area (TPSA) is 18.5 Å². The second-order valence-electron chi connectivity index (χ2n) is 5.20. The second-order valence-corrected chi connectivity index (χ2v) is 8.95. The Labute approximate surface area is 142 Å². The lowest BCUT2D eigenvalue weighted by Crippen LogP contribution is -2.24. The predicted octanol–water partition coefficient (Wildman–Crippen LogP) is 6.44. The Hall–Kier alpha value is 0.580. The van der Waals surface area contributed by atoms with Crippen LogP contribution in [0.2, 0.25) is 0 Å². The van der Waals surface area contributed by atoms with Gasteiger partial charge in [-0.05, 0) is 63.6 Å². The van der Waals surface area contributed by atoms with Gasteiger partial charge in [0, 0.05) is 12.2 Å². The fourth-order valence-electron chi connectivity index (χ4n) is 2.45. The van der Waals surface area contributed by atoms with Gasteiger partial charge >= 0.3 is 0 Å². The zero-order valence-electron chi connectivity index (χ0n) is 11.9. The molecule has 1 saturated heterocycles. The Bertz CT molecular complexity index is 403. The van der Waals surface area contributed by atoms with Crippen LogP contribution in [-0.2, 0) is 9.47 Å². The van der Waals surface area contributed by atoms with Gasteiger partial charge < -0.3 is 9.47 Å². The summed E-state index contributed by atoms with van der Waals surface area (Å²) in [6, 6.07) is 2.17. The van der Waals surface area contributed by atoms with Gasteiger partial charge in [0.15, 0.2) is 6.29 Å². The molecule has 0 radical (unpaired) electrons. The van der Waals surface area contributed by atoms with E-state index in [0.29, 0.717) is 0 Å². The molecule has 5 heteroatoms. The van der Waals surface area contributed by atoms with Crippen LogP contribution in [0.5, 0.6) is 0 Å². The SMILES string of the molecule is CCCCCC(OC1CCCCO1)c1cc(Br)sc1Br. The molecule has 114 valence electrons. The van der Waals surface area contributed by atoms with Gasteiger partial charge in [-0.3, -0.25) is 0 Å². The van der Waals surface area contributed by atoms with Crippen LogP contribution in [0.1, 0.15) is 63.5 Å². The summed E-state index contributed by atoms with van der Waals surface area (Å²) < 4.78 is 14.3. The van der Waals surface area contributed by atoms with Gasteiger partial charge in [0.1, 0.15) is 0 Å². The molecular weight excluding hydrogens is 404 g/mol. The Morgan fingerprint density at radius 3 is 2.85 bits per heavy atom. The van der Waals surface area contributed by atoms with Gasteiger partial charge in [0.25, 0.3) is 0 Å². The average molecular weight is 426 g/mol. The molecule has 1 aliphatic rings. The van der Waals surface area contributed by atoms with Crippen molar-refractivity contribution in [3.05, 3.63) is 19.2 Å². The maximum Gasteiger partial charge on any atom is 0.158 e. The van der Waals surface area contributed by atoms with Crippen LogP contribution in [0, 0.1) is 0 Å². The van der Waals surface area contributed by atoms with Crippen molar-refractivity contribution in [2.45, 2.75) is 64.3 Å². The molecule has 1 aromatic heterocycles. The molecule has 2 atom stereocenters. The quantitative estimate of drug-likeness (QED) is 0.468. The molecule has 2 unspecified atom stereocenters. The van der Waals surface area contributed by atoms with Crippen molar-refractivity contribution in [3.63, 3.8) is 0 Å². The molecule has 1 fully saturated rings. The van der Waals surface area contributed by atoms with Crippen LogP contribution < -0.4 is 0 Å². The first kappa shape index (κ1) is 16.9. The highest BCUT2D eigenvalue weighted by Crippen LogP contribution is 2.39. The van der Waals surface area contributed by atoms with E-state index in [4.69, 9.17) is 9.47 Å². The first-order valence-corrected chi connectivity index (χ1v) is 9.82. The van der Waals surface area contributed by atoms with E-state index in [0.717, 1.165) is 29.7 Å². The van der Waals surface area contributed by atoms with Crippen molar-refractivity contribution >= 4 is 43.2 Å². The number of unbranched alkanes of at least 4 members (excludes halogenated alkanes) is 2. The summed E-state index contributed by atoms with van der Waals surface area (Å²) in [7, 11) is 0. The van der Waals surface area contributed by atoms with Crippen molar-refractivity contribution in [1.29, 1.82) is 0 Å². The summed E-state index contributed by atoms with van der Waals surface area (Å²) in [5, 5.41) is 0. The lowest BCUT2D eigenvalue weighted by atomic mass is 10.1. The molecule has 0 spiro atoms. The summed E-state index contributed by atoms with van der Waals surface area (Å²) in [5.74, 6) is 0. The van der Waals surface area contributed by atoms with Gasteiger partial charge in [-0.15, -0.1) is 11.3 Å². The fraction of sp³-hybridized carbons (Fsp3) is 0.733. The maximum atomic E-state index is 6.25. The molecule has 20 heavy (non-hydrogen) atoms. The van der Waals surface area contributed by atoms with E-state index in [1.165, 1.54) is 35.0 Å². The Balaban J connectivity index is 2.01. The minimum Gasteiger partial charge on any atom is -0.353 e. The Morgan fingerprint density at radius 1 is 1.40 bits per heavy atom. The molecule has 0 aromatic carbocycles. The minimum atomic E-state index is -0.0269. The summed E-state index contributed by atoms with van der Waals surface area (Å²) in [6.07, 6.45) is 8.27. The fourth-order valence-corrected chi connectivity index (χ4v) is 5.39. The number of hydrogen-bond donors (Lipinski definition) is 0. The average Bonchev–Trinajstić information content (AvgIpc) is 2.78. The summed E-state index contributed by atoms with van der Waals surface area (Å²) in [4.78, 5) is 0. The molecular formula is C15H22Br2O2S. The molecule has 1 aromatic rings. The van der Waals surface area contributed by atoms with E-state index in [1.54, 1.807) is 11.3 Å². The summed E-state index contributed by atoms with van der Waals surface area (Å²) in [5.41, 5.74) is 1.26. The second kappa shape index (κ2) is 8.89. The molecule has 0 aliphatic carbocycles. The van der Waals surface area contributed by atoms with Crippen molar-refractivity contribution in [3.8, 4) is 0 Å². The summed E-state index contributed by atoms with van der Waals surface area (Å²) >= 11 is 8.93. The number of hydrogen-bond acceptors (Lipinski definition) is 3. The Morgan fingerprint density at radius 2 is 2.25 bits per heavy atom. The third-order valence-electron chi connectivity index (χ3n) is 3.55. The van der Waals surface area contributed by atoms with Crippen molar-refractivity contribution in [2.24, 2.45) is 0 Å². The third-order valence-corrected chi connectivity index (χ3v) is 5.94. The van der Waals surface area contributed by atoms with Crippen LogP contribution in [0.4, 0.5) is 0 Å². The number of rotatable bonds is 7. The van der Waals surface area contributed by atoms with E-state index in [9.17, 15) is 0 Å². The predicted molar refractivity (Wildman–Crippen MR) is 91.3 cm³/mol. The van der Waals surface area contributed by atoms with Crippen molar-refractivity contribution < 1.29 is 9.47 Å². The first-order valence-electron chi connectivity index (χ1n) is 7.42. The third kappa shape index (κ3) is 5.09. The molecule has 2 rings (SSSR count). The van der Waals surface area contributed by atoms with Crippen LogP contribution in [0.3, 0.4) is 0 Å². The van der Waals surface area contributed by atoms with E-state index in [-0.39, 0.29) is 12.4 Å². The molecule has 2 nitrogen and oxygen atoms in total. The molecule has 0 bridgehead atoms. The number of halogens is 2. The van der Waals surface area contributed by atoms with Crippen LogP contribution in [0.25, 0.3) is 0 Å². The van der Waals surface area contributed by atoms with Gasteiger partial charge in [0.05, 0.1) is 13.7 Å². The minimum absolute atomic E-state index is 0.0269. The zero-order valence-corrected chi connectivity index (χ0v) is 15.9. The van der Waals surface area contributed by atoms with E-state index < -0.39 is 0 Å². The van der Waals surface area contributed by atoms with Crippen LogP contribution in [0.15, 0.2) is 13.6 Å². The lowest BCUT2D eigenvalue weighted by molar-refractivity contribution is -0.191. The molecule has 2 heterocycles. The highest BCUT2D eigenvalue weighted by molar-refractivity contribution is 9.12. The Kier molecular flexibility index (Phi) is 7.53. The number of thiophene rings is 1. The standard InChI is InChI=1S/C15H22Br2O2S/c1-2-3-4-7-12(11-10-13(16)20-15(11)17)19-14-8-5-6-9-18-14/h10,12,14H,2-9H2,1H3.